The topological polar surface area (TPSA) is 66.5 Å². The minimum absolute atomic E-state index is 0.242. The number of aliphatic hydroxyl groups excluding tert-OH is 2. The molecule has 0 aliphatic heterocycles. The van der Waals surface area contributed by atoms with Gasteiger partial charge in [0.05, 0.1) is 18.8 Å². The molecule has 4 N–H and O–H groups in total. The van der Waals surface area contributed by atoms with E-state index in [9.17, 15) is 19.4 Å². The Morgan fingerprint density at radius 2 is 1.29 bits per heavy atom. The molecule has 0 saturated carbocycles. The van der Waals surface area contributed by atoms with Gasteiger partial charge < -0.3 is 15.9 Å². The van der Waals surface area contributed by atoms with Crippen LogP contribution in [0.4, 0.5) is 19.4 Å². The molecule has 0 aliphatic carbocycles. The second kappa shape index (κ2) is 9.28. The third-order valence-electron chi connectivity index (χ3n) is 4.86. The highest BCUT2D eigenvalue weighted by Gasteiger charge is 2.65. The molecule has 0 bridgehead atoms. The lowest BCUT2D eigenvalue weighted by Gasteiger charge is -2.40. The number of halogens is 5. The van der Waals surface area contributed by atoms with Crippen LogP contribution in [0.15, 0.2) is 29.2 Å². The largest absolute Gasteiger partial charge is 0.394 e. The molecular weight excluding hydrogens is 401 g/mol. The van der Waals surface area contributed by atoms with Gasteiger partial charge in [0, 0.05) is 0 Å². The van der Waals surface area contributed by atoms with Gasteiger partial charge in [0.1, 0.15) is 4.90 Å². The molecule has 0 amide bonds. The van der Waals surface area contributed by atoms with E-state index in [0.717, 1.165) is 51.0 Å². The van der Waals surface area contributed by atoms with Gasteiger partial charge in [0.15, 0.2) is 0 Å². The molecule has 9 heteroatoms. The van der Waals surface area contributed by atoms with E-state index < -0.39 is 20.7 Å². The van der Waals surface area contributed by atoms with Gasteiger partial charge in [-0.3, -0.25) is 0 Å². The Balaban J connectivity index is 2.18. The lowest BCUT2D eigenvalue weighted by atomic mass is 9.94. The van der Waals surface area contributed by atoms with Crippen molar-refractivity contribution in [1.82, 2.24) is 0 Å². The molecule has 0 aromatic heterocycles. The highest BCUT2D eigenvalue weighted by atomic mass is 32.5. The van der Waals surface area contributed by atoms with Crippen molar-refractivity contribution in [2.75, 3.05) is 13.2 Å². The molecule has 0 saturated heterocycles. The number of nitrogens with two attached hydrogens (primary N) is 1. The van der Waals surface area contributed by atoms with Crippen molar-refractivity contribution in [2.24, 2.45) is 5.73 Å². The maximum Gasteiger partial charge on any atom is 0.310 e. The monoisotopic (exact) mass is 433 g/mol. The highest BCUT2D eigenvalue weighted by Crippen LogP contribution is 3.02. The summed E-state index contributed by atoms with van der Waals surface area (Å²) in [6, 6.07) is 3.48. The zero-order chi connectivity index (χ0) is 21.4. The Morgan fingerprint density at radius 3 is 1.79 bits per heavy atom. The molecule has 28 heavy (non-hydrogen) atoms. The summed E-state index contributed by atoms with van der Waals surface area (Å²) >= 11 is 0. The van der Waals surface area contributed by atoms with Crippen LogP contribution >= 0.6 is 10.2 Å². The van der Waals surface area contributed by atoms with Crippen LogP contribution in [0.1, 0.15) is 63.4 Å². The van der Waals surface area contributed by atoms with Crippen molar-refractivity contribution in [2.45, 2.75) is 74.6 Å². The predicted molar refractivity (Wildman–Crippen MR) is 104 cm³/mol. The van der Waals surface area contributed by atoms with Gasteiger partial charge in [-0.2, -0.15) is 0 Å². The summed E-state index contributed by atoms with van der Waals surface area (Å²) in [6.45, 7) is -0.483. The molecule has 1 aromatic carbocycles. The third kappa shape index (κ3) is 9.54. The normalized spacial score (nSPS) is 15.3. The maximum atomic E-state index is 12.8. The standard InChI is InChI=1S/C19H32F5NO2S/c20-28(21,22,23,24)18-12-9-11-17(14-18)10-7-5-3-1-2-4-6-8-13-19(25,15-26)16-27/h9,11-12,14,26-27H,1-8,10,13,15-16,25H2. The summed E-state index contributed by atoms with van der Waals surface area (Å²) in [5.41, 5.74) is 5.16. The fourth-order valence-electron chi connectivity index (χ4n) is 3.02. The minimum Gasteiger partial charge on any atom is -0.394 e. The van der Waals surface area contributed by atoms with Crippen LogP contribution in [0.2, 0.25) is 0 Å². The fourth-order valence-corrected chi connectivity index (χ4v) is 3.73. The minimum atomic E-state index is -9.60. The second-order valence-corrected chi connectivity index (χ2v) is 10.0. The van der Waals surface area contributed by atoms with Gasteiger partial charge in [0.2, 0.25) is 0 Å². The van der Waals surface area contributed by atoms with E-state index in [1.54, 1.807) is 0 Å². The van der Waals surface area contributed by atoms with Crippen LogP contribution in [-0.2, 0) is 6.42 Å². The molecule has 0 heterocycles. The van der Waals surface area contributed by atoms with Crippen molar-refractivity contribution < 1.29 is 29.6 Å². The van der Waals surface area contributed by atoms with E-state index in [4.69, 9.17) is 15.9 Å². The number of aryl methyl sites for hydroxylation is 1. The number of aliphatic hydroxyl groups is 2. The van der Waals surface area contributed by atoms with E-state index in [2.05, 4.69) is 0 Å². The number of hydrogen-bond acceptors (Lipinski definition) is 3. The number of rotatable bonds is 14. The summed E-state index contributed by atoms with van der Waals surface area (Å²) in [6.07, 6.45) is 8.18. The Labute approximate surface area is 163 Å². The van der Waals surface area contributed by atoms with Crippen LogP contribution in [0, 0.1) is 0 Å². The Hall–Kier alpha value is -0.900. The molecule has 1 rings (SSSR count). The first-order chi connectivity index (χ1) is 12.8. The average Bonchev–Trinajstić information content (AvgIpc) is 2.61. The van der Waals surface area contributed by atoms with Gasteiger partial charge in [0.25, 0.3) is 0 Å². The maximum absolute atomic E-state index is 12.8. The molecule has 0 unspecified atom stereocenters. The van der Waals surface area contributed by atoms with E-state index in [0.29, 0.717) is 31.4 Å². The van der Waals surface area contributed by atoms with Crippen LogP contribution in [-0.4, -0.2) is 29.0 Å². The van der Waals surface area contributed by atoms with Crippen molar-refractivity contribution in [3.8, 4) is 0 Å². The molecule has 3 nitrogen and oxygen atoms in total. The van der Waals surface area contributed by atoms with Gasteiger partial charge in [-0.05, 0) is 37.0 Å². The fraction of sp³-hybridized carbons (Fsp3) is 0.684. The van der Waals surface area contributed by atoms with Crippen LogP contribution in [0.5, 0.6) is 0 Å². The zero-order valence-electron chi connectivity index (χ0n) is 16.1. The molecule has 0 fully saturated rings. The molecule has 166 valence electrons. The lowest BCUT2D eigenvalue weighted by Crippen LogP contribution is -2.47. The van der Waals surface area contributed by atoms with Crippen LogP contribution in [0.25, 0.3) is 0 Å². The molecule has 0 atom stereocenters. The van der Waals surface area contributed by atoms with Gasteiger partial charge in [-0.25, -0.2) is 0 Å². The van der Waals surface area contributed by atoms with Gasteiger partial charge in [-0.15, -0.1) is 0 Å². The second-order valence-electron chi connectivity index (χ2n) is 7.62. The summed E-state index contributed by atoms with van der Waals surface area (Å²) in [5, 5.41) is 18.2. The van der Waals surface area contributed by atoms with Crippen molar-refractivity contribution in [1.29, 1.82) is 0 Å². The summed E-state index contributed by atoms with van der Waals surface area (Å²) in [7, 11) is -9.60. The average molecular weight is 434 g/mol. The predicted octanol–water partition coefficient (Wildman–Crippen LogP) is 6.08. The van der Waals surface area contributed by atoms with Crippen molar-refractivity contribution >= 4 is 10.2 Å². The highest BCUT2D eigenvalue weighted by molar-refractivity contribution is 8.45. The van der Waals surface area contributed by atoms with Crippen molar-refractivity contribution in [3.05, 3.63) is 29.8 Å². The first-order valence-corrected chi connectivity index (χ1v) is 11.6. The van der Waals surface area contributed by atoms with E-state index in [1.165, 1.54) is 6.07 Å². The summed E-state index contributed by atoms with van der Waals surface area (Å²) < 4.78 is 64.1. The van der Waals surface area contributed by atoms with E-state index in [-0.39, 0.29) is 18.8 Å². The Bertz CT molecular complexity index is 606. The van der Waals surface area contributed by atoms with E-state index in [1.807, 2.05) is 0 Å². The van der Waals surface area contributed by atoms with Gasteiger partial charge >= 0.3 is 10.2 Å². The third-order valence-corrected chi connectivity index (χ3v) is 6.01. The Kier molecular flexibility index (Phi) is 8.33. The molecule has 0 aliphatic rings. The Morgan fingerprint density at radius 1 is 0.786 bits per heavy atom. The molecule has 0 radical (unpaired) electrons. The van der Waals surface area contributed by atoms with E-state index >= 15 is 0 Å². The number of hydrogen-bond donors (Lipinski definition) is 3. The lowest BCUT2D eigenvalue weighted by molar-refractivity contribution is 0.112. The SMILES string of the molecule is NC(CO)(CO)CCCCCCCCCCc1cccc(S(F)(F)(F)(F)F)c1. The summed E-state index contributed by atoms with van der Waals surface area (Å²) in [5.74, 6) is 0. The molecule has 0 spiro atoms. The zero-order valence-corrected chi connectivity index (χ0v) is 16.9. The number of benzene rings is 1. The van der Waals surface area contributed by atoms with Crippen LogP contribution in [0.3, 0.4) is 0 Å². The van der Waals surface area contributed by atoms with Crippen molar-refractivity contribution in [3.63, 3.8) is 0 Å². The quantitative estimate of drug-likeness (QED) is 0.246. The number of unbranched alkanes of at least 4 members (excludes halogenated alkanes) is 7. The molecular formula is C19H32F5NO2S. The smallest absolute Gasteiger partial charge is 0.310 e. The first kappa shape index (κ1) is 25.1. The van der Waals surface area contributed by atoms with Gasteiger partial charge in [-0.1, -0.05) is 76.5 Å². The molecule has 1 aromatic rings. The first-order valence-electron chi connectivity index (χ1n) is 9.63. The summed E-state index contributed by atoms with van der Waals surface area (Å²) in [4.78, 5) is -1.82. The van der Waals surface area contributed by atoms with Crippen LogP contribution < -0.4 is 5.73 Å².